The highest BCUT2D eigenvalue weighted by molar-refractivity contribution is 5.15. The molecule has 1 radical (unpaired) electrons. The average Bonchev–Trinajstić information content (AvgIpc) is 1.88. The van der Waals surface area contributed by atoms with Gasteiger partial charge in [0.15, 0.2) is 0 Å². The third-order valence-electron chi connectivity index (χ3n) is 0.931. The molecule has 3 heteroatoms. The van der Waals surface area contributed by atoms with E-state index in [2.05, 4.69) is 11.2 Å². The summed E-state index contributed by atoms with van der Waals surface area (Å²) >= 11 is 0. The van der Waals surface area contributed by atoms with Crippen LogP contribution in [-0.4, -0.2) is 11.6 Å². The molecule has 0 atom stereocenters. The zero-order valence-electron chi connectivity index (χ0n) is 5.60. The summed E-state index contributed by atoms with van der Waals surface area (Å²) in [6.45, 7) is 2.32. The van der Waals surface area contributed by atoms with Crippen LogP contribution in [-0.2, 0) is 0 Å². The van der Waals surface area contributed by atoms with Crippen molar-refractivity contribution in [2.24, 2.45) is 0 Å². The Balaban J connectivity index is 2.75. The molecule has 0 saturated heterocycles. The number of hydrogen-bond donors (Lipinski definition) is 0. The van der Waals surface area contributed by atoms with E-state index >= 15 is 0 Å². The fourth-order valence-corrected chi connectivity index (χ4v) is 0.582. The third kappa shape index (κ3) is 1.69. The van der Waals surface area contributed by atoms with Crippen molar-refractivity contribution in [3.63, 3.8) is 0 Å². The van der Waals surface area contributed by atoms with Gasteiger partial charge < -0.3 is 4.74 Å². The molecule has 0 saturated carbocycles. The average molecular weight is 140 g/mol. The Morgan fingerprint density at radius 3 is 3.20 bits per heavy atom. The monoisotopic (exact) mass is 140 g/mol. The molecule has 0 spiro atoms. The van der Waals surface area contributed by atoms with Crippen LogP contribution < -0.4 is 4.74 Å². The Morgan fingerprint density at radius 1 is 1.80 bits per heavy atom. The first-order valence-corrected chi connectivity index (χ1v) is 2.99. The van der Waals surface area contributed by atoms with E-state index in [0.717, 1.165) is 6.20 Å². The van der Waals surface area contributed by atoms with Gasteiger partial charge in [-0.2, -0.15) is 0 Å². The molecule has 1 aromatic heterocycles. The van der Waals surface area contributed by atoms with Crippen LogP contribution >= 0.6 is 0 Å². The highest BCUT2D eigenvalue weighted by Gasteiger charge is 1.94. The van der Waals surface area contributed by atoms with Gasteiger partial charge in [0.1, 0.15) is 17.8 Å². The zero-order valence-corrected chi connectivity index (χ0v) is 5.60. The van der Waals surface area contributed by atoms with Crippen LogP contribution in [0.15, 0.2) is 12.3 Å². The summed E-state index contributed by atoms with van der Waals surface area (Å²) in [7, 11) is 0. The quantitative estimate of drug-likeness (QED) is 0.619. The number of ether oxygens (including phenoxy) is 1. The van der Waals surface area contributed by atoms with Crippen LogP contribution in [0.3, 0.4) is 0 Å². The molecular weight excluding hydrogens is 133 g/mol. The first kappa shape index (κ1) is 6.99. The Kier molecular flexibility index (Phi) is 2.20. The molecular formula is C7H7FNO. The van der Waals surface area contributed by atoms with Crippen molar-refractivity contribution in [2.45, 2.75) is 6.92 Å². The Morgan fingerprint density at radius 2 is 2.60 bits per heavy atom. The Bertz CT molecular complexity index is 215. The molecule has 53 valence electrons. The molecule has 0 amide bonds. The van der Waals surface area contributed by atoms with Crippen LogP contribution in [0.1, 0.15) is 6.92 Å². The highest BCUT2D eigenvalue weighted by Crippen LogP contribution is 2.07. The molecule has 0 N–H and O–H groups in total. The first-order chi connectivity index (χ1) is 4.83. The van der Waals surface area contributed by atoms with Crippen molar-refractivity contribution in [1.29, 1.82) is 0 Å². The van der Waals surface area contributed by atoms with E-state index in [1.165, 1.54) is 6.07 Å². The molecule has 0 aliphatic rings. The minimum atomic E-state index is -0.401. The lowest BCUT2D eigenvalue weighted by atomic mass is 10.4. The SMILES string of the molecule is CCOc1[c]ncc(F)c1. The van der Waals surface area contributed by atoms with Gasteiger partial charge in [0, 0.05) is 6.07 Å². The lowest BCUT2D eigenvalue weighted by Crippen LogP contribution is -1.92. The van der Waals surface area contributed by atoms with Gasteiger partial charge in [0.05, 0.1) is 12.8 Å². The van der Waals surface area contributed by atoms with E-state index in [-0.39, 0.29) is 0 Å². The summed E-state index contributed by atoms with van der Waals surface area (Å²) in [5.41, 5.74) is 0. The standard InChI is InChI=1S/C7H7FNO/c1-2-10-7-3-6(8)4-9-5-7/h3-4H,2H2,1H3. The summed E-state index contributed by atoms with van der Waals surface area (Å²) in [5.74, 6) is -0.0512. The fourth-order valence-electron chi connectivity index (χ4n) is 0.582. The number of nitrogens with zero attached hydrogens (tertiary/aromatic N) is 1. The van der Waals surface area contributed by atoms with Gasteiger partial charge in [-0.15, -0.1) is 0 Å². The van der Waals surface area contributed by atoms with Gasteiger partial charge in [0.2, 0.25) is 0 Å². The van der Waals surface area contributed by atoms with Crippen molar-refractivity contribution in [2.75, 3.05) is 6.61 Å². The lowest BCUT2D eigenvalue weighted by Gasteiger charge is -1.98. The van der Waals surface area contributed by atoms with Gasteiger partial charge in [-0.25, -0.2) is 9.37 Å². The summed E-state index contributed by atoms with van der Waals surface area (Å²) in [4.78, 5) is 3.48. The Labute approximate surface area is 58.7 Å². The fraction of sp³-hybridized carbons (Fsp3) is 0.286. The minimum absolute atomic E-state index is 0.350. The molecule has 0 bridgehead atoms. The molecule has 0 aliphatic carbocycles. The smallest absolute Gasteiger partial charge is 0.150 e. The third-order valence-corrected chi connectivity index (χ3v) is 0.931. The maximum atomic E-state index is 12.3. The largest absolute Gasteiger partial charge is 0.491 e. The van der Waals surface area contributed by atoms with Crippen LogP contribution in [0.2, 0.25) is 0 Å². The van der Waals surface area contributed by atoms with E-state index in [1.54, 1.807) is 0 Å². The zero-order chi connectivity index (χ0) is 7.40. The van der Waals surface area contributed by atoms with Crippen molar-refractivity contribution in [3.05, 3.63) is 24.3 Å². The van der Waals surface area contributed by atoms with Crippen molar-refractivity contribution in [1.82, 2.24) is 4.98 Å². The van der Waals surface area contributed by atoms with Crippen molar-refractivity contribution >= 4 is 0 Å². The predicted molar refractivity (Wildman–Crippen MR) is 34.2 cm³/mol. The molecule has 0 aromatic carbocycles. The van der Waals surface area contributed by atoms with Crippen LogP contribution in [0.5, 0.6) is 5.75 Å². The molecule has 1 rings (SSSR count). The molecule has 10 heavy (non-hydrogen) atoms. The van der Waals surface area contributed by atoms with Crippen LogP contribution in [0.4, 0.5) is 4.39 Å². The molecule has 2 nitrogen and oxygen atoms in total. The van der Waals surface area contributed by atoms with E-state index in [0.29, 0.717) is 12.4 Å². The van der Waals surface area contributed by atoms with Crippen LogP contribution in [0, 0.1) is 12.0 Å². The second kappa shape index (κ2) is 3.15. The minimum Gasteiger partial charge on any atom is -0.491 e. The number of pyridine rings is 1. The maximum absolute atomic E-state index is 12.3. The normalized spacial score (nSPS) is 9.40. The second-order valence-electron chi connectivity index (χ2n) is 1.70. The number of hydrogen-bond acceptors (Lipinski definition) is 2. The lowest BCUT2D eigenvalue weighted by molar-refractivity contribution is 0.335. The van der Waals surface area contributed by atoms with Gasteiger partial charge in [-0.1, -0.05) is 0 Å². The highest BCUT2D eigenvalue weighted by atomic mass is 19.1. The van der Waals surface area contributed by atoms with E-state index in [9.17, 15) is 4.39 Å². The van der Waals surface area contributed by atoms with E-state index < -0.39 is 5.82 Å². The van der Waals surface area contributed by atoms with E-state index in [1.807, 2.05) is 6.92 Å². The summed E-state index contributed by atoms with van der Waals surface area (Å²) in [5, 5.41) is 0. The molecule has 0 aliphatic heterocycles. The molecule has 0 fully saturated rings. The van der Waals surface area contributed by atoms with Gasteiger partial charge >= 0.3 is 0 Å². The maximum Gasteiger partial charge on any atom is 0.150 e. The molecule has 0 unspecified atom stereocenters. The summed E-state index contributed by atoms with van der Waals surface area (Å²) in [6.07, 6.45) is 3.58. The number of halogens is 1. The van der Waals surface area contributed by atoms with Crippen molar-refractivity contribution < 1.29 is 9.13 Å². The van der Waals surface area contributed by atoms with Crippen molar-refractivity contribution in [3.8, 4) is 5.75 Å². The number of rotatable bonds is 2. The molecule has 1 aromatic rings. The molecule has 1 heterocycles. The topological polar surface area (TPSA) is 22.1 Å². The predicted octanol–water partition coefficient (Wildman–Crippen LogP) is 1.42. The van der Waals surface area contributed by atoms with E-state index in [4.69, 9.17) is 4.74 Å². The summed E-state index contributed by atoms with van der Waals surface area (Å²) in [6, 6.07) is 1.25. The second-order valence-corrected chi connectivity index (χ2v) is 1.70. The van der Waals surface area contributed by atoms with Gasteiger partial charge in [-0.3, -0.25) is 0 Å². The summed E-state index contributed by atoms with van der Waals surface area (Å²) < 4.78 is 17.3. The van der Waals surface area contributed by atoms with Gasteiger partial charge in [-0.05, 0) is 6.92 Å². The first-order valence-electron chi connectivity index (χ1n) is 2.99. The van der Waals surface area contributed by atoms with Crippen LogP contribution in [0.25, 0.3) is 0 Å². The van der Waals surface area contributed by atoms with Gasteiger partial charge in [0.25, 0.3) is 0 Å². The Hall–Kier alpha value is -1.12. The number of aromatic nitrogens is 1.